The van der Waals surface area contributed by atoms with Crippen molar-refractivity contribution in [3.8, 4) is 17.3 Å². The summed E-state index contributed by atoms with van der Waals surface area (Å²) in [7, 11) is 1.83. The maximum atomic E-state index is 14.0. The average molecular weight is 648 g/mol. The maximum absolute atomic E-state index is 14.0. The number of hydrogen-bond acceptors (Lipinski definition) is 7. The summed E-state index contributed by atoms with van der Waals surface area (Å²) >= 11 is 6.78. The molecule has 2 N–H and O–H groups in total. The number of aryl methyl sites for hydroxylation is 1. The van der Waals surface area contributed by atoms with Crippen LogP contribution in [0.4, 0.5) is 24.5 Å². The monoisotopic (exact) mass is 647 g/mol. The van der Waals surface area contributed by atoms with Crippen molar-refractivity contribution >= 4 is 33.9 Å². The zero-order valence-electron chi connectivity index (χ0n) is 26.0. The first kappa shape index (κ1) is 31.4. The molecule has 5 aromatic rings. The summed E-state index contributed by atoms with van der Waals surface area (Å²) in [5.74, 6) is 0. The van der Waals surface area contributed by atoms with Crippen molar-refractivity contribution in [3.63, 3.8) is 0 Å². The number of anilines is 2. The van der Waals surface area contributed by atoms with E-state index >= 15 is 0 Å². The van der Waals surface area contributed by atoms with Crippen LogP contribution in [0.5, 0.6) is 0 Å². The van der Waals surface area contributed by atoms with Gasteiger partial charge in [0.1, 0.15) is 11.8 Å². The smallest absolute Gasteiger partial charge is 0.383 e. The third-order valence-electron chi connectivity index (χ3n) is 8.32. The van der Waals surface area contributed by atoms with Gasteiger partial charge in [-0.1, -0.05) is 55.8 Å². The minimum atomic E-state index is -4.45. The fraction of sp³-hybridized carbons (Fsp3) is 0.364. The SMILES string of the molecule is Cc1c(-c2ccn(C)n2)cccc1C(Nc1cc(Cl)c2ncc(C#N)c(NCC(C)(C)C)c2c1)c1cn(C2(C(F)(F)F)CC2)nn1. The number of aromatic nitrogens is 6. The molecule has 1 atom stereocenters. The Labute approximate surface area is 269 Å². The number of alkyl halides is 3. The van der Waals surface area contributed by atoms with Gasteiger partial charge in [-0.25, -0.2) is 4.68 Å². The standard InChI is InChI=1S/C33H33ClF3N9/c1-19-22(26-9-12-45(5)43-26)7-6-8-23(19)30(27-17-46(44-42-27)32(10-11-32)33(35,36)37)41-21-13-24-28(40-18-31(2,3)4)20(15-38)16-39-29(24)25(34)14-21/h6-9,12-14,16-17,30,41H,10-11,18H2,1-5H3,(H,39,40). The van der Waals surface area contributed by atoms with Crippen molar-refractivity contribution in [1.29, 1.82) is 5.26 Å². The third kappa shape index (κ3) is 5.75. The molecule has 3 aromatic heterocycles. The van der Waals surface area contributed by atoms with Crippen LogP contribution < -0.4 is 10.6 Å². The van der Waals surface area contributed by atoms with Crippen molar-refractivity contribution in [2.75, 3.05) is 17.2 Å². The predicted octanol–water partition coefficient (Wildman–Crippen LogP) is 7.77. The molecule has 1 saturated carbocycles. The van der Waals surface area contributed by atoms with Crippen LogP contribution in [0, 0.1) is 23.7 Å². The van der Waals surface area contributed by atoms with Gasteiger partial charge in [-0.2, -0.15) is 23.5 Å². The first-order valence-corrected chi connectivity index (χ1v) is 15.2. The molecular formula is C33H33ClF3N9. The Kier molecular flexibility index (Phi) is 7.71. The van der Waals surface area contributed by atoms with Crippen LogP contribution in [0.3, 0.4) is 0 Å². The Morgan fingerprint density at radius 1 is 1.15 bits per heavy atom. The highest BCUT2D eigenvalue weighted by atomic mass is 35.5. The second kappa shape index (κ2) is 11.3. The van der Waals surface area contributed by atoms with Crippen LogP contribution in [-0.4, -0.2) is 42.5 Å². The highest BCUT2D eigenvalue weighted by molar-refractivity contribution is 6.35. The lowest BCUT2D eigenvalue weighted by Crippen LogP contribution is -2.35. The van der Waals surface area contributed by atoms with Crippen molar-refractivity contribution < 1.29 is 13.2 Å². The fourth-order valence-corrected chi connectivity index (χ4v) is 5.90. The Bertz CT molecular complexity index is 1980. The largest absolute Gasteiger partial charge is 0.413 e. The predicted molar refractivity (Wildman–Crippen MR) is 172 cm³/mol. The minimum absolute atomic E-state index is 0.0512. The molecule has 1 aliphatic rings. The van der Waals surface area contributed by atoms with Crippen LogP contribution in [0.15, 0.2) is 55.0 Å². The second-order valence-electron chi connectivity index (χ2n) is 13.0. The summed E-state index contributed by atoms with van der Waals surface area (Å²) in [4.78, 5) is 4.45. The van der Waals surface area contributed by atoms with E-state index in [1.54, 1.807) is 10.7 Å². The Morgan fingerprint density at radius 3 is 2.54 bits per heavy atom. The molecular weight excluding hydrogens is 615 g/mol. The molecule has 2 aromatic carbocycles. The second-order valence-corrected chi connectivity index (χ2v) is 13.4. The van der Waals surface area contributed by atoms with Gasteiger partial charge < -0.3 is 10.6 Å². The van der Waals surface area contributed by atoms with Crippen LogP contribution in [0.1, 0.15) is 62.0 Å². The molecule has 3 heterocycles. The number of hydrogen-bond donors (Lipinski definition) is 2. The number of halogens is 4. The first-order valence-electron chi connectivity index (χ1n) is 14.8. The molecule has 0 aliphatic heterocycles. The quantitative estimate of drug-likeness (QED) is 0.177. The van der Waals surface area contributed by atoms with E-state index in [2.05, 4.69) is 57.9 Å². The number of nitriles is 1. The summed E-state index contributed by atoms with van der Waals surface area (Å²) < 4.78 is 44.8. The molecule has 1 aliphatic carbocycles. The molecule has 13 heteroatoms. The Morgan fingerprint density at radius 2 is 1.91 bits per heavy atom. The van der Waals surface area contributed by atoms with E-state index in [1.807, 2.05) is 50.5 Å². The molecule has 0 saturated heterocycles. The molecule has 0 amide bonds. The molecule has 9 nitrogen and oxygen atoms in total. The van der Waals surface area contributed by atoms with Gasteiger partial charge in [0, 0.05) is 42.6 Å². The fourth-order valence-electron chi connectivity index (χ4n) is 5.63. The molecule has 6 rings (SSSR count). The summed E-state index contributed by atoms with van der Waals surface area (Å²) in [6.07, 6.45) is 0.160. The normalized spacial score (nSPS) is 15.0. The number of rotatable bonds is 8. The molecule has 0 radical (unpaired) electrons. The van der Waals surface area contributed by atoms with Gasteiger partial charge in [-0.05, 0) is 54.5 Å². The van der Waals surface area contributed by atoms with Crippen molar-refractivity contribution in [2.24, 2.45) is 12.5 Å². The first-order chi connectivity index (χ1) is 21.7. The number of fused-ring (bicyclic) bond motifs is 1. The lowest BCUT2D eigenvalue weighted by atomic mass is 9.93. The Balaban J connectivity index is 1.48. The van der Waals surface area contributed by atoms with Crippen LogP contribution in [0.25, 0.3) is 22.2 Å². The summed E-state index contributed by atoms with van der Waals surface area (Å²) in [5, 5.41) is 30.6. The van der Waals surface area contributed by atoms with E-state index in [-0.39, 0.29) is 18.3 Å². The molecule has 238 valence electrons. The van der Waals surface area contributed by atoms with Crippen LogP contribution in [0.2, 0.25) is 5.02 Å². The van der Waals surface area contributed by atoms with E-state index in [9.17, 15) is 18.4 Å². The molecule has 0 bridgehead atoms. The van der Waals surface area contributed by atoms with E-state index in [4.69, 9.17) is 11.6 Å². The van der Waals surface area contributed by atoms with Gasteiger partial charge in [0.25, 0.3) is 0 Å². The molecule has 1 unspecified atom stereocenters. The number of nitrogens with one attached hydrogen (secondary N) is 2. The van der Waals surface area contributed by atoms with Gasteiger partial charge >= 0.3 is 6.18 Å². The van der Waals surface area contributed by atoms with Gasteiger partial charge in [-0.3, -0.25) is 9.67 Å². The summed E-state index contributed by atoms with van der Waals surface area (Å²) in [5.41, 5.74) is 3.51. The number of nitrogens with zero attached hydrogens (tertiary/aromatic N) is 7. The number of pyridine rings is 1. The van der Waals surface area contributed by atoms with E-state index < -0.39 is 17.8 Å². The highest BCUT2D eigenvalue weighted by Crippen LogP contribution is 2.55. The molecule has 46 heavy (non-hydrogen) atoms. The van der Waals surface area contributed by atoms with Crippen LogP contribution in [-0.2, 0) is 12.6 Å². The van der Waals surface area contributed by atoms with Crippen molar-refractivity contribution in [1.82, 2.24) is 29.8 Å². The molecule has 0 spiro atoms. The van der Waals surface area contributed by atoms with Crippen molar-refractivity contribution in [3.05, 3.63) is 82.4 Å². The zero-order chi connectivity index (χ0) is 33.0. The lowest BCUT2D eigenvalue weighted by molar-refractivity contribution is -0.182. The van der Waals surface area contributed by atoms with Gasteiger partial charge in [0.2, 0.25) is 0 Å². The Hall–Kier alpha value is -4.63. The van der Waals surface area contributed by atoms with E-state index in [1.165, 1.54) is 12.4 Å². The van der Waals surface area contributed by atoms with Crippen molar-refractivity contribution in [2.45, 2.75) is 58.3 Å². The topological polar surface area (TPSA) is 109 Å². The summed E-state index contributed by atoms with van der Waals surface area (Å²) in [6, 6.07) is 12.7. The molecule has 1 fully saturated rings. The lowest BCUT2D eigenvalue weighted by Gasteiger charge is -2.23. The third-order valence-corrected chi connectivity index (χ3v) is 8.61. The average Bonchev–Trinajstić information content (AvgIpc) is 3.48. The van der Waals surface area contributed by atoms with E-state index in [0.717, 1.165) is 27.1 Å². The zero-order valence-corrected chi connectivity index (χ0v) is 26.8. The van der Waals surface area contributed by atoms with Gasteiger partial charge in [-0.15, -0.1) is 5.10 Å². The summed E-state index contributed by atoms with van der Waals surface area (Å²) in [6.45, 7) is 8.78. The highest BCUT2D eigenvalue weighted by Gasteiger charge is 2.66. The van der Waals surface area contributed by atoms with E-state index in [0.29, 0.717) is 45.1 Å². The van der Waals surface area contributed by atoms with Gasteiger partial charge in [0.15, 0.2) is 5.54 Å². The number of benzene rings is 2. The van der Waals surface area contributed by atoms with Crippen LogP contribution >= 0.6 is 11.6 Å². The minimum Gasteiger partial charge on any atom is -0.383 e. The van der Waals surface area contributed by atoms with Gasteiger partial charge in [0.05, 0.1) is 39.7 Å². The maximum Gasteiger partial charge on any atom is 0.413 e.